The van der Waals surface area contributed by atoms with Crippen LogP contribution in [0.4, 0.5) is 5.69 Å². The molecule has 0 atom stereocenters. The van der Waals surface area contributed by atoms with Crippen molar-refractivity contribution in [3.05, 3.63) is 42.3 Å². The highest BCUT2D eigenvalue weighted by Crippen LogP contribution is 2.19. The standard InChI is InChI=1S/C15H18N2O3/c1-19-13(15(18)20-2)11-17-10-6-9-14(17)16-12-7-4-3-5-8-12/h3-5,7-8,11H,6,9-10H2,1-2H3. The van der Waals surface area contributed by atoms with Crippen molar-refractivity contribution in [2.24, 2.45) is 4.99 Å². The van der Waals surface area contributed by atoms with Gasteiger partial charge in [0.1, 0.15) is 5.84 Å². The number of carbonyl (C=O) groups excluding carboxylic acids is 1. The molecule has 1 heterocycles. The lowest BCUT2D eigenvalue weighted by molar-refractivity contribution is -0.139. The van der Waals surface area contributed by atoms with Gasteiger partial charge in [0, 0.05) is 13.0 Å². The SMILES string of the molecule is COC(=O)C(=CN1CCCC1=Nc1ccccc1)OC. The highest BCUT2D eigenvalue weighted by Gasteiger charge is 2.20. The summed E-state index contributed by atoms with van der Waals surface area (Å²) in [7, 11) is 2.78. The minimum absolute atomic E-state index is 0.176. The van der Waals surface area contributed by atoms with Crippen LogP contribution in [0.1, 0.15) is 12.8 Å². The van der Waals surface area contributed by atoms with Crippen molar-refractivity contribution in [2.45, 2.75) is 12.8 Å². The second kappa shape index (κ2) is 6.75. The van der Waals surface area contributed by atoms with E-state index in [9.17, 15) is 4.79 Å². The molecule has 106 valence electrons. The summed E-state index contributed by atoms with van der Waals surface area (Å²) in [5.41, 5.74) is 0.903. The van der Waals surface area contributed by atoms with Crippen molar-refractivity contribution in [2.75, 3.05) is 20.8 Å². The van der Waals surface area contributed by atoms with Crippen molar-refractivity contribution in [3.8, 4) is 0 Å². The molecule has 20 heavy (non-hydrogen) atoms. The molecular formula is C15H18N2O3. The summed E-state index contributed by atoms with van der Waals surface area (Å²) in [6.07, 6.45) is 3.53. The molecule has 0 N–H and O–H groups in total. The van der Waals surface area contributed by atoms with Crippen LogP contribution in [0, 0.1) is 0 Å². The smallest absolute Gasteiger partial charge is 0.374 e. The van der Waals surface area contributed by atoms with Gasteiger partial charge in [0.25, 0.3) is 0 Å². The number of carbonyl (C=O) groups is 1. The summed E-state index contributed by atoms with van der Waals surface area (Å²) in [5.74, 6) is 0.614. The van der Waals surface area contributed by atoms with Crippen molar-refractivity contribution < 1.29 is 14.3 Å². The van der Waals surface area contributed by atoms with Crippen LogP contribution >= 0.6 is 0 Å². The van der Waals surface area contributed by atoms with Gasteiger partial charge in [-0.2, -0.15) is 0 Å². The fourth-order valence-electron chi connectivity index (χ4n) is 2.02. The number of nitrogens with zero attached hydrogens (tertiary/aromatic N) is 2. The number of esters is 1. The first kappa shape index (κ1) is 14.1. The Morgan fingerprint density at radius 3 is 2.65 bits per heavy atom. The van der Waals surface area contributed by atoms with Gasteiger partial charge in [0.15, 0.2) is 0 Å². The molecule has 0 unspecified atom stereocenters. The molecule has 1 fully saturated rings. The Morgan fingerprint density at radius 1 is 1.25 bits per heavy atom. The van der Waals surface area contributed by atoms with Crippen LogP contribution < -0.4 is 0 Å². The number of hydrogen-bond donors (Lipinski definition) is 0. The molecule has 5 nitrogen and oxygen atoms in total. The van der Waals surface area contributed by atoms with Gasteiger partial charge >= 0.3 is 5.97 Å². The first-order valence-electron chi connectivity index (χ1n) is 6.48. The van der Waals surface area contributed by atoms with Crippen LogP contribution in [0.2, 0.25) is 0 Å². The first-order chi connectivity index (χ1) is 9.74. The van der Waals surface area contributed by atoms with Gasteiger partial charge in [0.2, 0.25) is 5.76 Å². The molecule has 5 heteroatoms. The molecule has 0 aromatic heterocycles. The van der Waals surface area contributed by atoms with E-state index < -0.39 is 5.97 Å². The molecule has 2 rings (SSSR count). The second-order valence-electron chi connectivity index (χ2n) is 4.35. The second-order valence-corrected chi connectivity index (χ2v) is 4.35. The number of benzene rings is 1. The quantitative estimate of drug-likeness (QED) is 0.481. The zero-order valence-electron chi connectivity index (χ0n) is 11.7. The summed E-state index contributed by atoms with van der Waals surface area (Å²) in [5, 5.41) is 0. The van der Waals surface area contributed by atoms with Crippen LogP contribution in [0.3, 0.4) is 0 Å². The van der Waals surface area contributed by atoms with Crippen LogP contribution in [-0.2, 0) is 14.3 Å². The predicted octanol–water partition coefficient (Wildman–Crippen LogP) is 2.47. The molecule has 1 aromatic carbocycles. The fraction of sp³-hybridized carbons (Fsp3) is 0.333. The molecule has 0 radical (unpaired) electrons. The maximum atomic E-state index is 11.5. The Bertz CT molecular complexity index is 523. The lowest BCUT2D eigenvalue weighted by atomic mass is 10.3. The highest BCUT2D eigenvalue weighted by atomic mass is 16.6. The van der Waals surface area contributed by atoms with Crippen molar-refractivity contribution in [3.63, 3.8) is 0 Å². The summed E-state index contributed by atoms with van der Waals surface area (Å²) >= 11 is 0. The summed E-state index contributed by atoms with van der Waals surface area (Å²) in [4.78, 5) is 18.0. The summed E-state index contributed by atoms with van der Waals surface area (Å²) in [6, 6.07) is 9.75. The van der Waals surface area contributed by atoms with E-state index in [1.807, 2.05) is 35.2 Å². The number of likely N-dealkylation sites (tertiary alicyclic amines) is 1. The Kier molecular flexibility index (Phi) is 4.76. The van der Waals surface area contributed by atoms with Gasteiger partial charge in [0.05, 0.1) is 26.1 Å². The molecule has 1 aliphatic rings. The largest absolute Gasteiger partial charge is 0.489 e. The minimum atomic E-state index is -0.488. The van der Waals surface area contributed by atoms with Crippen molar-refractivity contribution in [1.82, 2.24) is 4.90 Å². The number of amidine groups is 1. The zero-order chi connectivity index (χ0) is 14.4. The maximum absolute atomic E-state index is 11.5. The Labute approximate surface area is 118 Å². The molecule has 1 aromatic rings. The van der Waals surface area contributed by atoms with Gasteiger partial charge in [-0.15, -0.1) is 0 Å². The lowest BCUT2D eigenvalue weighted by Gasteiger charge is -2.15. The average Bonchev–Trinajstić information content (AvgIpc) is 2.92. The third-order valence-corrected chi connectivity index (χ3v) is 3.02. The number of methoxy groups -OCH3 is 2. The van der Waals surface area contributed by atoms with E-state index in [1.165, 1.54) is 14.2 Å². The van der Waals surface area contributed by atoms with E-state index in [2.05, 4.69) is 9.73 Å². The Morgan fingerprint density at radius 2 is 2.00 bits per heavy atom. The first-order valence-corrected chi connectivity index (χ1v) is 6.48. The summed E-state index contributed by atoms with van der Waals surface area (Å²) < 4.78 is 9.72. The van der Waals surface area contributed by atoms with E-state index in [0.717, 1.165) is 30.9 Å². The molecule has 0 aliphatic carbocycles. The fourth-order valence-corrected chi connectivity index (χ4v) is 2.02. The van der Waals surface area contributed by atoms with Crippen molar-refractivity contribution in [1.29, 1.82) is 0 Å². The molecular weight excluding hydrogens is 256 g/mol. The molecule has 1 aliphatic heterocycles. The van der Waals surface area contributed by atoms with Crippen molar-refractivity contribution >= 4 is 17.5 Å². The summed E-state index contributed by atoms with van der Waals surface area (Å²) in [6.45, 7) is 0.815. The van der Waals surface area contributed by atoms with Gasteiger partial charge in [-0.3, -0.25) is 0 Å². The normalized spacial score (nSPS) is 17.4. The van der Waals surface area contributed by atoms with Gasteiger partial charge in [-0.05, 0) is 18.6 Å². The van der Waals surface area contributed by atoms with Crippen LogP contribution in [0.5, 0.6) is 0 Å². The van der Waals surface area contributed by atoms with Gasteiger partial charge in [-0.1, -0.05) is 18.2 Å². The molecule has 0 saturated carbocycles. The molecule has 1 saturated heterocycles. The van der Waals surface area contributed by atoms with E-state index in [0.29, 0.717) is 0 Å². The Hall–Kier alpha value is -2.30. The van der Waals surface area contributed by atoms with Gasteiger partial charge in [-0.25, -0.2) is 9.79 Å². The van der Waals surface area contributed by atoms with E-state index in [1.54, 1.807) is 6.20 Å². The monoisotopic (exact) mass is 274 g/mol. The van der Waals surface area contributed by atoms with E-state index in [4.69, 9.17) is 4.74 Å². The molecule has 0 spiro atoms. The molecule has 0 bridgehead atoms. The van der Waals surface area contributed by atoms with Crippen LogP contribution in [-0.4, -0.2) is 37.5 Å². The third-order valence-electron chi connectivity index (χ3n) is 3.02. The average molecular weight is 274 g/mol. The number of rotatable bonds is 4. The van der Waals surface area contributed by atoms with Gasteiger partial charge < -0.3 is 14.4 Å². The third kappa shape index (κ3) is 3.38. The topological polar surface area (TPSA) is 51.1 Å². The number of aliphatic imine (C=N–C) groups is 1. The highest BCUT2D eigenvalue weighted by molar-refractivity contribution is 5.90. The number of para-hydroxylation sites is 1. The predicted molar refractivity (Wildman–Crippen MR) is 76.6 cm³/mol. The number of ether oxygens (including phenoxy) is 2. The lowest BCUT2D eigenvalue weighted by Crippen LogP contribution is -2.21. The van der Waals surface area contributed by atoms with Crippen LogP contribution in [0.15, 0.2) is 47.3 Å². The zero-order valence-corrected chi connectivity index (χ0v) is 11.7. The van der Waals surface area contributed by atoms with E-state index >= 15 is 0 Å². The minimum Gasteiger partial charge on any atom is -0.489 e. The maximum Gasteiger partial charge on any atom is 0.374 e. The molecule has 0 amide bonds. The van der Waals surface area contributed by atoms with E-state index in [-0.39, 0.29) is 5.76 Å². The Balaban J connectivity index is 2.21. The number of hydrogen-bond acceptors (Lipinski definition) is 4. The van der Waals surface area contributed by atoms with Crippen LogP contribution in [0.25, 0.3) is 0 Å².